The van der Waals surface area contributed by atoms with Gasteiger partial charge in [0.1, 0.15) is 5.75 Å². The molecule has 1 atom stereocenters. The van der Waals surface area contributed by atoms with Crippen molar-refractivity contribution < 1.29 is 18.7 Å². The van der Waals surface area contributed by atoms with Crippen molar-refractivity contribution in [2.75, 3.05) is 13.1 Å². The minimum atomic E-state index is -0.746. The predicted molar refractivity (Wildman–Crippen MR) is 90.6 cm³/mol. The second-order valence-corrected chi connectivity index (χ2v) is 5.70. The smallest absolute Gasteiger partial charge is 0.287 e. The Morgan fingerprint density at radius 2 is 1.96 bits per heavy atom. The molecule has 0 saturated carbocycles. The monoisotopic (exact) mass is 370 g/mol. The average Bonchev–Trinajstić information content (AvgIpc) is 3.08. The summed E-state index contributed by atoms with van der Waals surface area (Å²) in [5.74, 6) is -0.0787. The lowest BCUT2D eigenvalue weighted by Gasteiger charge is -2.15. The standard InChI is InChI=1S/C16H16Cl2N2O4/c1-10(24-13-5-4-11(17)9-12(13)18)15(21)19-6-7-20-16(22)14-3-2-8-23-14/h2-5,8-10H,6-7H2,1H3,(H,19,21)(H,20,22). The number of carbonyl (C=O) groups is 2. The number of ether oxygens (including phenoxy) is 1. The first-order valence-electron chi connectivity index (χ1n) is 7.18. The van der Waals surface area contributed by atoms with Crippen LogP contribution in [0.1, 0.15) is 17.5 Å². The van der Waals surface area contributed by atoms with Gasteiger partial charge in [0.05, 0.1) is 11.3 Å². The molecule has 6 nitrogen and oxygen atoms in total. The summed E-state index contributed by atoms with van der Waals surface area (Å²) in [6.45, 7) is 2.12. The molecule has 1 aromatic heterocycles. The number of amides is 2. The fraction of sp³-hybridized carbons (Fsp3) is 0.250. The van der Waals surface area contributed by atoms with Gasteiger partial charge in [0, 0.05) is 18.1 Å². The van der Waals surface area contributed by atoms with Crippen molar-refractivity contribution >= 4 is 35.0 Å². The summed E-state index contributed by atoms with van der Waals surface area (Å²) in [6.07, 6.45) is 0.668. The van der Waals surface area contributed by atoms with Crippen LogP contribution < -0.4 is 15.4 Å². The Morgan fingerprint density at radius 1 is 1.21 bits per heavy atom. The third kappa shape index (κ3) is 5.18. The molecule has 1 aromatic carbocycles. The van der Waals surface area contributed by atoms with Gasteiger partial charge in [-0.15, -0.1) is 0 Å². The molecule has 0 aliphatic carbocycles. The summed E-state index contributed by atoms with van der Waals surface area (Å²) in [5, 5.41) is 6.09. The van der Waals surface area contributed by atoms with Crippen LogP contribution >= 0.6 is 23.2 Å². The Balaban J connectivity index is 1.72. The van der Waals surface area contributed by atoms with Gasteiger partial charge < -0.3 is 19.8 Å². The highest BCUT2D eigenvalue weighted by molar-refractivity contribution is 6.35. The third-order valence-electron chi connectivity index (χ3n) is 3.02. The molecule has 0 saturated heterocycles. The molecule has 24 heavy (non-hydrogen) atoms. The van der Waals surface area contributed by atoms with Crippen LogP contribution in [0.25, 0.3) is 0 Å². The zero-order valence-electron chi connectivity index (χ0n) is 12.8. The van der Waals surface area contributed by atoms with Crippen LogP contribution in [0, 0.1) is 0 Å². The van der Waals surface area contributed by atoms with E-state index in [1.165, 1.54) is 12.3 Å². The van der Waals surface area contributed by atoms with Gasteiger partial charge in [0.2, 0.25) is 0 Å². The van der Waals surface area contributed by atoms with E-state index in [-0.39, 0.29) is 30.7 Å². The number of halogens is 2. The lowest BCUT2D eigenvalue weighted by atomic mass is 10.3. The predicted octanol–water partition coefficient (Wildman–Crippen LogP) is 2.90. The maximum absolute atomic E-state index is 12.0. The fourth-order valence-corrected chi connectivity index (χ4v) is 2.27. The van der Waals surface area contributed by atoms with E-state index in [9.17, 15) is 9.59 Å². The lowest BCUT2D eigenvalue weighted by Crippen LogP contribution is -2.40. The molecular formula is C16H16Cl2N2O4. The Kier molecular flexibility index (Phi) is 6.52. The number of nitrogens with one attached hydrogen (secondary N) is 2. The molecular weight excluding hydrogens is 355 g/mol. The van der Waals surface area contributed by atoms with E-state index in [0.717, 1.165) is 0 Å². The first kappa shape index (κ1) is 18.2. The van der Waals surface area contributed by atoms with Crippen LogP contribution in [0.15, 0.2) is 41.0 Å². The first-order valence-corrected chi connectivity index (χ1v) is 7.94. The summed E-state index contributed by atoms with van der Waals surface area (Å²) in [7, 11) is 0. The molecule has 0 aliphatic rings. The van der Waals surface area contributed by atoms with Gasteiger partial charge in [-0.3, -0.25) is 9.59 Å². The number of hydrogen-bond acceptors (Lipinski definition) is 4. The van der Waals surface area contributed by atoms with Crippen molar-refractivity contribution in [3.05, 3.63) is 52.4 Å². The number of benzene rings is 1. The molecule has 1 heterocycles. The Hall–Kier alpha value is -2.18. The largest absolute Gasteiger partial charge is 0.479 e. The molecule has 0 fully saturated rings. The van der Waals surface area contributed by atoms with E-state index in [4.69, 9.17) is 32.4 Å². The highest BCUT2D eigenvalue weighted by atomic mass is 35.5. The number of carbonyl (C=O) groups excluding carboxylic acids is 2. The minimum absolute atomic E-state index is 0.218. The number of furan rings is 1. The Labute approximate surface area is 149 Å². The van der Waals surface area contributed by atoms with E-state index >= 15 is 0 Å². The minimum Gasteiger partial charge on any atom is -0.479 e. The Morgan fingerprint density at radius 3 is 2.62 bits per heavy atom. The number of hydrogen-bond donors (Lipinski definition) is 2. The van der Waals surface area contributed by atoms with Gasteiger partial charge in [-0.1, -0.05) is 23.2 Å². The van der Waals surface area contributed by atoms with Gasteiger partial charge in [0.15, 0.2) is 11.9 Å². The topological polar surface area (TPSA) is 80.6 Å². The van der Waals surface area contributed by atoms with Crippen molar-refractivity contribution in [3.8, 4) is 5.75 Å². The van der Waals surface area contributed by atoms with Crippen LogP contribution in [-0.4, -0.2) is 31.0 Å². The van der Waals surface area contributed by atoms with Crippen molar-refractivity contribution in [1.82, 2.24) is 10.6 Å². The van der Waals surface area contributed by atoms with E-state index < -0.39 is 6.10 Å². The summed E-state index contributed by atoms with van der Waals surface area (Å²) in [5.41, 5.74) is 0. The van der Waals surface area contributed by atoms with Crippen molar-refractivity contribution in [2.24, 2.45) is 0 Å². The second kappa shape index (κ2) is 8.61. The zero-order chi connectivity index (χ0) is 17.5. The molecule has 0 spiro atoms. The van der Waals surface area contributed by atoms with Crippen molar-refractivity contribution in [1.29, 1.82) is 0 Å². The van der Waals surface area contributed by atoms with Gasteiger partial charge >= 0.3 is 0 Å². The second-order valence-electron chi connectivity index (χ2n) is 4.86. The van der Waals surface area contributed by atoms with E-state index in [2.05, 4.69) is 10.6 Å². The summed E-state index contributed by atoms with van der Waals surface area (Å²) in [4.78, 5) is 23.6. The maximum Gasteiger partial charge on any atom is 0.287 e. The molecule has 2 N–H and O–H groups in total. The Bertz CT molecular complexity index is 704. The molecule has 0 bridgehead atoms. The SMILES string of the molecule is CC(Oc1ccc(Cl)cc1Cl)C(=O)NCCNC(=O)c1ccco1. The van der Waals surface area contributed by atoms with Gasteiger partial charge in [-0.05, 0) is 37.3 Å². The molecule has 2 rings (SSSR count). The van der Waals surface area contributed by atoms with E-state index in [0.29, 0.717) is 15.8 Å². The van der Waals surface area contributed by atoms with Crippen LogP contribution in [0.5, 0.6) is 5.75 Å². The van der Waals surface area contributed by atoms with Crippen molar-refractivity contribution in [3.63, 3.8) is 0 Å². The molecule has 0 radical (unpaired) electrons. The van der Waals surface area contributed by atoms with Gasteiger partial charge in [0.25, 0.3) is 11.8 Å². The first-order chi connectivity index (χ1) is 11.5. The molecule has 8 heteroatoms. The molecule has 128 valence electrons. The van der Waals surface area contributed by atoms with E-state index in [1.54, 1.807) is 31.2 Å². The maximum atomic E-state index is 12.0. The molecule has 2 aromatic rings. The molecule has 1 unspecified atom stereocenters. The molecule has 0 aliphatic heterocycles. The summed E-state index contributed by atoms with van der Waals surface area (Å²) in [6, 6.07) is 7.93. The highest BCUT2D eigenvalue weighted by Gasteiger charge is 2.16. The number of rotatable bonds is 7. The van der Waals surface area contributed by atoms with Gasteiger partial charge in [-0.25, -0.2) is 0 Å². The zero-order valence-corrected chi connectivity index (χ0v) is 14.4. The van der Waals surface area contributed by atoms with Crippen LogP contribution in [0.4, 0.5) is 0 Å². The highest BCUT2D eigenvalue weighted by Crippen LogP contribution is 2.28. The summed E-state index contributed by atoms with van der Waals surface area (Å²) < 4.78 is 10.5. The average molecular weight is 371 g/mol. The van der Waals surface area contributed by atoms with Crippen LogP contribution in [-0.2, 0) is 4.79 Å². The van der Waals surface area contributed by atoms with E-state index in [1.807, 2.05) is 0 Å². The fourth-order valence-electron chi connectivity index (χ4n) is 1.82. The van der Waals surface area contributed by atoms with Crippen molar-refractivity contribution in [2.45, 2.75) is 13.0 Å². The third-order valence-corrected chi connectivity index (χ3v) is 3.55. The normalized spacial score (nSPS) is 11.6. The summed E-state index contributed by atoms with van der Waals surface area (Å²) >= 11 is 11.8. The quantitative estimate of drug-likeness (QED) is 0.734. The van der Waals surface area contributed by atoms with Crippen LogP contribution in [0.2, 0.25) is 10.0 Å². The molecule has 2 amide bonds. The lowest BCUT2D eigenvalue weighted by molar-refractivity contribution is -0.127. The van der Waals surface area contributed by atoms with Gasteiger partial charge in [-0.2, -0.15) is 0 Å². The van der Waals surface area contributed by atoms with Crippen LogP contribution in [0.3, 0.4) is 0 Å².